The molecule has 0 atom stereocenters. The van der Waals surface area contributed by atoms with Crippen molar-refractivity contribution >= 4 is 33.8 Å². The van der Waals surface area contributed by atoms with Crippen LogP contribution in [0.4, 0.5) is 10.8 Å². The Morgan fingerprint density at radius 2 is 2.00 bits per heavy atom. The van der Waals surface area contributed by atoms with Crippen molar-refractivity contribution in [2.24, 2.45) is 0 Å². The molecule has 0 aliphatic heterocycles. The van der Waals surface area contributed by atoms with Crippen molar-refractivity contribution in [3.63, 3.8) is 0 Å². The van der Waals surface area contributed by atoms with Gasteiger partial charge in [0.05, 0.1) is 11.5 Å². The van der Waals surface area contributed by atoms with Crippen LogP contribution in [-0.4, -0.2) is 17.1 Å². The first-order valence-electron chi connectivity index (χ1n) is 5.74. The second kappa shape index (κ2) is 5.69. The molecule has 96 valence electrons. The number of aromatic nitrogens is 1. The van der Waals surface area contributed by atoms with Crippen LogP contribution in [0.2, 0.25) is 5.15 Å². The van der Waals surface area contributed by atoms with Crippen molar-refractivity contribution in [1.82, 2.24) is 4.98 Å². The number of aliphatic hydroxyl groups excluding tert-OH is 1. The number of aryl methyl sites for hydroxylation is 1. The Labute approximate surface area is 116 Å². The number of thiazole rings is 1. The number of anilines is 2. The third kappa shape index (κ3) is 2.66. The fourth-order valence-corrected chi connectivity index (χ4v) is 2.73. The van der Waals surface area contributed by atoms with Crippen LogP contribution in [0.15, 0.2) is 24.3 Å². The average Bonchev–Trinajstić information content (AvgIpc) is 2.79. The first-order valence-corrected chi connectivity index (χ1v) is 6.94. The maximum absolute atomic E-state index is 9.12. The number of rotatable bonds is 4. The normalized spacial score (nSPS) is 10.7. The van der Waals surface area contributed by atoms with Gasteiger partial charge in [0.25, 0.3) is 0 Å². The fraction of sp³-hybridized carbons (Fsp3) is 0.308. The van der Waals surface area contributed by atoms with E-state index in [4.69, 9.17) is 16.7 Å². The highest BCUT2D eigenvalue weighted by Crippen LogP contribution is 2.32. The van der Waals surface area contributed by atoms with E-state index in [0.29, 0.717) is 10.0 Å². The van der Waals surface area contributed by atoms with Crippen LogP contribution in [0, 0.1) is 0 Å². The molecule has 1 aromatic heterocycles. The highest BCUT2D eigenvalue weighted by Gasteiger charge is 2.13. The minimum atomic E-state index is -0.0703. The lowest BCUT2D eigenvalue weighted by molar-refractivity contribution is 0.285. The summed E-state index contributed by atoms with van der Waals surface area (Å²) in [6.07, 6.45) is 1.03. The molecule has 0 aliphatic rings. The first-order chi connectivity index (χ1) is 8.65. The molecule has 1 N–H and O–H groups in total. The minimum Gasteiger partial charge on any atom is -0.391 e. The van der Waals surface area contributed by atoms with Crippen molar-refractivity contribution in [3.05, 3.63) is 39.9 Å². The molecule has 18 heavy (non-hydrogen) atoms. The van der Waals surface area contributed by atoms with Gasteiger partial charge in [0.15, 0.2) is 5.13 Å². The molecule has 0 saturated carbocycles. The van der Waals surface area contributed by atoms with E-state index in [-0.39, 0.29) is 6.61 Å². The monoisotopic (exact) mass is 282 g/mol. The topological polar surface area (TPSA) is 36.4 Å². The van der Waals surface area contributed by atoms with Gasteiger partial charge in [-0.15, -0.1) is 0 Å². The summed E-state index contributed by atoms with van der Waals surface area (Å²) >= 11 is 7.34. The molecule has 0 fully saturated rings. The Hall–Kier alpha value is -1.10. The van der Waals surface area contributed by atoms with E-state index in [1.54, 1.807) is 0 Å². The van der Waals surface area contributed by atoms with Crippen molar-refractivity contribution in [3.8, 4) is 0 Å². The summed E-state index contributed by atoms with van der Waals surface area (Å²) in [5.41, 5.74) is 2.36. The molecule has 2 rings (SSSR count). The quantitative estimate of drug-likeness (QED) is 0.930. The number of hydrogen-bond acceptors (Lipinski definition) is 4. The summed E-state index contributed by atoms with van der Waals surface area (Å²) in [5.74, 6) is 0. The maximum atomic E-state index is 9.12. The lowest BCUT2D eigenvalue weighted by Crippen LogP contribution is -2.08. The standard InChI is InChI=1S/C13H15ClN2OS/c1-3-9-4-6-10(7-5-9)16(2)13-15-12(14)11(8-17)18-13/h4-7,17H,3,8H2,1-2H3. The Morgan fingerprint density at radius 3 is 2.50 bits per heavy atom. The highest BCUT2D eigenvalue weighted by atomic mass is 35.5. The third-order valence-corrected chi connectivity index (χ3v) is 4.34. The Kier molecular flexibility index (Phi) is 4.22. The minimum absolute atomic E-state index is 0.0703. The van der Waals surface area contributed by atoms with E-state index in [1.807, 2.05) is 11.9 Å². The maximum Gasteiger partial charge on any atom is 0.191 e. The summed E-state index contributed by atoms with van der Waals surface area (Å²) in [6, 6.07) is 8.33. The Bertz CT molecular complexity index is 524. The Morgan fingerprint density at radius 1 is 1.33 bits per heavy atom. The van der Waals surface area contributed by atoms with Crippen molar-refractivity contribution in [2.45, 2.75) is 20.0 Å². The zero-order chi connectivity index (χ0) is 13.1. The van der Waals surface area contributed by atoms with Crippen LogP contribution in [0.3, 0.4) is 0 Å². The highest BCUT2D eigenvalue weighted by molar-refractivity contribution is 7.16. The Balaban J connectivity index is 2.25. The summed E-state index contributed by atoms with van der Waals surface area (Å²) in [6.45, 7) is 2.06. The van der Waals surface area contributed by atoms with E-state index in [9.17, 15) is 0 Å². The van der Waals surface area contributed by atoms with Crippen LogP contribution >= 0.6 is 22.9 Å². The second-order valence-electron chi connectivity index (χ2n) is 3.95. The van der Waals surface area contributed by atoms with Crippen molar-refractivity contribution < 1.29 is 5.11 Å². The van der Waals surface area contributed by atoms with E-state index in [0.717, 1.165) is 17.2 Å². The van der Waals surface area contributed by atoms with E-state index < -0.39 is 0 Å². The molecule has 3 nitrogen and oxygen atoms in total. The molecule has 5 heteroatoms. The molecule has 0 radical (unpaired) electrons. The van der Waals surface area contributed by atoms with Gasteiger partial charge in [-0.1, -0.05) is 42.0 Å². The van der Waals surface area contributed by atoms with E-state index in [2.05, 4.69) is 36.2 Å². The molecule has 0 spiro atoms. The van der Waals surface area contributed by atoms with Crippen molar-refractivity contribution in [2.75, 3.05) is 11.9 Å². The summed E-state index contributed by atoms with van der Waals surface area (Å²) in [7, 11) is 1.94. The molecule has 0 bridgehead atoms. The molecule has 1 aromatic carbocycles. The fourth-order valence-electron chi connectivity index (χ4n) is 1.63. The predicted molar refractivity (Wildman–Crippen MR) is 76.9 cm³/mol. The van der Waals surface area contributed by atoms with Gasteiger partial charge in [0.2, 0.25) is 0 Å². The van der Waals surface area contributed by atoms with Gasteiger partial charge in [-0.2, -0.15) is 0 Å². The van der Waals surface area contributed by atoms with Crippen molar-refractivity contribution in [1.29, 1.82) is 0 Å². The summed E-state index contributed by atoms with van der Waals surface area (Å²) in [5, 5.41) is 10.3. The lowest BCUT2D eigenvalue weighted by atomic mass is 10.1. The predicted octanol–water partition coefficient (Wildman–Crippen LogP) is 3.62. The zero-order valence-corrected chi connectivity index (χ0v) is 11.9. The number of benzene rings is 1. The molecule has 0 saturated heterocycles. The van der Waals surface area contributed by atoms with Crippen LogP contribution in [0.25, 0.3) is 0 Å². The molecular formula is C13H15ClN2OS. The molecular weight excluding hydrogens is 268 g/mol. The smallest absolute Gasteiger partial charge is 0.191 e. The van der Waals surface area contributed by atoms with Gasteiger partial charge in [0, 0.05) is 12.7 Å². The summed E-state index contributed by atoms with van der Waals surface area (Å²) in [4.78, 5) is 6.92. The molecule has 1 heterocycles. The molecule has 0 unspecified atom stereocenters. The lowest BCUT2D eigenvalue weighted by Gasteiger charge is -2.15. The zero-order valence-electron chi connectivity index (χ0n) is 10.4. The van der Waals surface area contributed by atoms with Crippen LogP contribution in [0.1, 0.15) is 17.4 Å². The molecule has 2 aromatic rings. The van der Waals surface area contributed by atoms with Crippen LogP contribution in [0.5, 0.6) is 0 Å². The van der Waals surface area contributed by atoms with E-state index in [1.165, 1.54) is 16.9 Å². The molecule has 0 aliphatic carbocycles. The number of hydrogen-bond donors (Lipinski definition) is 1. The van der Waals surface area contributed by atoms with Crippen LogP contribution < -0.4 is 4.90 Å². The van der Waals surface area contributed by atoms with Gasteiger partial charge >= 0.3 is 0 Å². The SMILES string of the molecule is CCc1ccc(N(C)c2nc(Cl)c(CO)s2)cc1. The van der Waals surface area contributed by atoms with E-state index >= 15 is 0 Å². The first kappa shape index (κ1) is 13.3. The summed E-state index contributed by atoms with van der Waals surface area (Å²) < 4.78 is 0. The van der Waals surface area contributed by atoms with Gasteiger partial charge in [-0.25, -0.2) is 4.98 Å². The number of aliphatic hydroxyl groups is 1. The van der Waals surface area contributed by atoms with Gasteiger partial charge in [-0.05, 0) is 24.1 Å². The molecule has 0 amide bonds. The van der Waals surface area contributed by atoms with Gasteiger partial charge < -0.3 is 10.0 Å². The average molecular weight is 283 g/mol. The number of nitrogens with zero attached hydrogens (tertiary/aromatic N) is 2. The largest absolute Gasteiger partial charge is 0.391 e. The van der Waals surface area contributed by atoms with Gasteiger partial charge in [-0.3, -0.25) is 0 Å². The third-order valence-electron chi connectivity index (χ3n) is 2.80. The number of halogens is 1. The van der Waals surface area contributed by atoms with Gasteiger partial charge in [0.1, 0.15) is 5.15 Å². The van der Waals surface area contributed by atoms with Crippen LogP contribution in [-0.2, 0) is 13.0 Å². The second-order valence-corrected chi connectivity index (χ2v) is 5.37.